The maximum atomic E-state index is 9.27. The molecule has 0 amide bonds. The molecule has 6 heteroatoms. The van der Waals surface area contributed by atoms with E-state index in [1.165, 1.54) is 0 Å². The molecule has 0 aromatic carbocycles. The van der Waals surface area contributed by atoms with Crippen molar-refractivity contribution in [3.63, 3.8) is 0 Å². The lowest BCUT2D eigenvalue weighted by molar-refractivity contribution is -0.367. The van der Waals surface area contributed by atoms with Gasteiger partial charge in [0.2, 0.25) is 0 Å². The lowest BCUT2D eigenvalue weighted by Crippen LogP contribution is -2.44. The molecule has 1 aliphatic rings. The molecule has 0 saturated carbocycles. The minimum atomic E-state index is -2.22. The Hall–Kier alpha value is -0.240. The number of aliphatic hydroxyl groups excluding tert-OH is 3. The van der Waals surface area contributed by atoms with Gasteiger partial charge in [0.1, 0.15) is 12.2 Å². The number of aliphatic hydroxyl groups is 4. The predicted molar refractivity (Wildman–Crippen MR) is 35.9 cm³/mol. The van der Waals surface area contributed by atoms with Gasteiger partial charge in [-0.25, -0.2) is 0 Å². The van der Waals surface area contributed by atoms with Crippen molar-refractivity contribution in [3.8, 4) is 0 Å². The zero-order valence-corrected chi connectivity index (χ0v) is 6.54. The van der Waals surface area contributed by atoms with E-state index in [2.05, 4.69) is 9.47 Å². The second-order valence-corrected chi connectivity index (χ2v) is 2.61. The van der Waals surface area contributed by atoms with Crippen LogP contribution in [0.5, 0.6) is 0 Å². The monoisotopic (exact) mass is 180 g/mol. The van der Waals surface area contributed by atoms with Crippen molar-refractivity contribution in [1.29, 1.82) is 0 Å². The van der Waals surface area contributed by atoms with Gasteiger partial charge in [-0.05, 0) is 0 Å². The van der Waals surface area contributed by atoms with E-state index in [4.69, 9.17) is 15.3 Å². The summed E-state index contributed by atoms with van der Waals surface area (Å²) in [5.41, 5.74) is 0. The minimum Gasteiger partial charge on any atom is -0.394 e. The highest BCUT2D eigenvalue weighted by molar-refractivity contribution is 4.89. The SMILES string of the molecule is COC1(O)O[C@H](CO)[C@H](O)[C@H]1O. The Morgan fingerprint density at radius 2 is 2.08 bits per heavy atom. The van der Waals surface area contributed by atoms with Crippen LogP contribution in [0.15, 0.2) is 0 Å². The second-order valence-electron chi connectivity index (χ2n) is 2.61. The van der Waals surface area contributed by atoms with Crippen molar-refractivity contribution in [2.24, 2.45) is 0 Å². The molecule has 0 radical (unpaired) electrons. The van der Waals surface area contributed by atoms with E-state index < -0.39 is 30.9 Å². The third kappa shape index (κ3) is 1.33. The highest BCUT2D eigenvalue weighted by Crippen LogP contribution is 2.29. The number of ether oxygens (including phenoxy) is 2. The van der Waals surface area contributed by atoms with Gasteiger partial charge in [-0.1, -0.05) is 0 Å². The van der Waals surface area contributed by atoms with E-state index in [0.717, 1.165) is 7.11 Å². The smallest absolute Gasteiger partial charge is 0.311 e. The van der Waals surface area contributed by atoms with Crippen LogP contribution in [0.1, 0.15) is 0 Å². The molecule has 1 rings (SSSR count). The summed E-state index contributed by atoms with van der Waals surface area (Å²) in [6, 6.07) is 0. The molecule has 4 N–H and O–H groups in total. The van der Waals surface area contributed by atoms with Crippen LogP contribution in [0.25, 0.3) is 0 Å². The topological polar surface area (TPSA) is 99.4 Å². The van der Waals surface area contributed by atoms with Crippen LogP contribution in [0.2, 0.25) is 0 Å². The Balaban J connectivity index is 2.72. The van der Waals surface area contributed by atoms with Crippen molar-refractivity contribution < 1.29 is 29.9 Å². The van der Waals surface area contributed by atoms with Gasteiger partial charge >= 0.3 is 5.97 Å². The third-order valence-electron chi connectivity index (χ3n) is 1.87. The lowest BCUT2D eigenvalue weighted by atomic mass is 10.1. The summed E-state index contributed by atoms with van der Waals surface area (Å²) < 4.78 is 9.08. The summed E-state index contributed by atoms with van der Waals surface area (Å²) in [7, 11) is 1.12. The molecule has 1 fully saturated rings. The molecule has 0 spiro atoms. The van der Waals surface area contributed by atoms with Crippen molar-refractivity contribution >= 4 is 0 Å². The first-order chi connectivity index (χ1) is 5.55. The Kier molecular flexibility index (Phi) is 2.67. The molecule has 1 saturated heterocycles. The van der Waals surface area contributed by atoms with Gasteiger partial charge in [0.25, 0.3) is 0 Å². The second kappa shape index (κ2) is 3.25. The molecule has 0 aromatic heterocycles. The van der Waals surface area contributed by atoms with Gasteiger partial charge in [0.05, 0.1) is 6.61 Å². The number of hydrogen-bond acceptors (Lipinski definition) is 6. The molecular formula is C6H12O6. The van der Waals surface area contributed by atoms with Crippen molar-refractivity contribution in [2.75, 3.05) is 13.7 Å². The summed E-state index contributed by atoms with van der Waals surface area (Å²) in [5.74, 6) is -2.22. The predicted octanol–water partition coefficient (Wildman–Crippen LogP) is -2.61. The van der Waals surface area contributed by atoms with Crippen LogP contribution in [-0.4, -0.2) is 58.4 Å². The zero-order chi connectivity index (χ0) is 9.35. The van der Waals surface area contributed by atoms with Gasteiger partial charge in [0, 0.05) is 7.11 Å². The largest absolute Gasteiger partial charge is 0.394 e. The maximum absolute atomic E-state index is 9.27. The van der Waals surface area contributed by atoms with Crippen LogP contribution >= 0.6 is 0 Å². The summed E-state index contributed by atoms with van der Waals surface area (Å²) in [6.07, 6.45) is -3.94. The van der Waals surface area contributed by atoms with Gasteiger partial charge in [0.15, 0.2) is 6.10 Å². The van der Waals surface area contributed by atoms with Gasteiger partial charge < -0.3 is 29.9 Å². The Morgan fingerprint density at radius 1 is 1.50 bits per heavy atom. The molecule has 72 valence electrons. The lowest BCUT2D eigenvalue weighted by Gasteiger charge is -2.22. The van der Waals surface area contributed by atoms with Crippen LogP contribution in [0.4, 0.5) is 0 Å². The highest BCUT2D eigenvalue weighted by atomic mass is 16.8. The van der Waals surface area contributed by atoms with Crippen LogP contribution in [0, 0.1) is 0 Å². The summed E-state index contributed by atoms with van der Waals surface area (Å²) >= 11 is 0. The fourth-order valence-electron chi connectivity index (χ4n) is 1.09. The normalized spacial score (nSPS) is 48.2. The zero-order valence-electron chi connectivity index (χ0n) is 6.54. The molecule has 12 heavy (non-hydrogen) atoms. The first-order valence-electron chi connectivity index (χ1n) is 3.47. The standard InChI is InChI=1S/C6H12O6/c1-11-6(10)5(9)4(8)3(2-7)12-6/h3-5,7-10H,2H2,1H3/t3-,4+,5-,6?/m1/s1. The summed E-state index contributed by atoms with van der Waals surface area (Å²) in [6.45, 7) is -0.496. The third-order valence-corrected chi connectivity index (χ3v) is 1.87. The number of methoxy groups -OCH3 is 1. The van der Waals surface area contributed by atoms with Crippen LogP contribution in [0.3, 0.4) is 0 Å². The molecule has 6 nitrogen and oxygen atoms in total. The molecule has 0 aliphatic carbocycles. The van der Waals surface area contributed by atoms with Crippen molar-refractivity contribution in [1.82, 2.24) is 0 Å². The Bertz CT molecular complexity index is 162. The van der Waals surface area contributed by atoms with Crippen LogP contribution < -0.4 is 0 Å². The van der Waals surface area contributed by atoms with Gasteiger partial charge in [-0.3, -0.25) is 0 Å². The molecular weight excluding hydrogens is 168 g/mol. The van der Waals surface area contributed by atoms with E-state index in [1.54, 1.807) is 0 Å². The van der Waals surface area contributed by atoms with Gasteiger partial charge in [-0.2, -0.15) is 0 Å². The van der Waals surface area contributed by atoms with Crippen molar-refractivity contribution in [3.05, 3.63) is 0 Å². The van der Waals surface area contributed by atoms with Gasteiger partial charge in [-0.15, -0.1) is 0 Å². The molecule has 0 aromatic rings. The van der Waals surface area contributed by atoms with E-state index in [9.17, 15) is 5.11 Å². The van der Waals surface area contributed by atoms with Crippen LogP contribution in [-0.2, 0) is 9.47 Å². The summed E-state index contributed by atoms with van der Waals surface area (Å²) in [5, 5.41) is 36.2. The maximum Gasteiger partial charge on any atom is 0.311 e. The number of rotatable bonds is 2. The van der Waals surface area contributed by atoms with E-state index >= 15 is 0 Å². The Labute approximate surface area is 69.0 Å². The molecule has 0 bridgehead atoms. The first-order valence-corrected chi connectivity index (χ1v) is 3.47. The van der Waals surface area contributed by atoms with E-state index in [1.807, 2.05) is 0 Å². The fraction of sp³-hybridized carbons (Fsp3) is 1.00. The molecule has 1 aliphatic heterocycles. The average Bonchev–Trinajstić information content (AvgIpc) is 2.31. The van der Waals surface area contributed by atoms with Crippen molar-refractivity contribution in [2.45, 2.75) is 24.3 Å². The number of hydrogen-bond donors (Lipinski definition) is 4. The molecule has 1 heterocycles. The molecule has 4 atom stereocenters. The van der Waals surface area contributed by atoms with E-state index in [-0.39, 0.29) is 0 Å². The quantitative estimate of drug-likeness (QED) is 0.347. The minimum absolute atomic E-state index is 0.496. The first kappa shape index (κ1) is 9.85. The highest BCUT2D eigenvalue weighted by Gasteiger charge is 2.54. The average molecular weight is 180 g/mol. The molecule has 1 unspecified atom stereocenters. The summed E-state index contributed by atoms with van der Waals surface area (Å²) in [4.78, 5) is 0. The Morgan fingerprint density at radius 3 is 2.33 bits per heavy atom. The fourth-order valence-corrected chi connectivity index (χ4v) is 1.09. The van der Waals surface area contributed by atoms with E-state index in [0.29, 0.717) is 0 Å².